The average Bonchev–Trinajstić information content (AvgIpc) is 2.36. The van der Waals surface area contributed by atoms with Gasteiger partial charge < -0.3 is 9.84 Å². The number of hydrogen-bond donors (Lipinski definition) is 1. The summed E-state index contributed by atoms with van der Waals surface area (Å²) >= 11 is 0. The summed E-state index contributed by atoms with van der Waals surface area (Å²) in [6, 6.07) is 5.33. The lowest BCUT2D eigenvalue weighted by molar-refractivity contribution is 0.0693. The van der Waals surface area contributed by atoms with Gasteiger partial charge in [0.05, 0.1) is 7.11 Å². The molecular weight excluding hydrogens is 266 g/mol. The Kier molecular flexibility index (Phi) is 6.69. The van der Waals surface area contributed by atoms with Gasteiger partial charge in [-0.15, -0.1) is 0 Å². The van der Waals surface area contributed by atoms with Crippen LogP contribution < -0.4 is 4.74 Å². The normalized spacial score (nSPS) is 11.4. The second-order valence-corrected chi connectivity index (χ2v) is 6.32. The van der Waals surface area contributed by atoms with E-state index >= 15 is 0 Å². The third-order valence-corrected chi connectivity index (χ3v) is 3.15. The smallest absolute Gasteiger partial charge is 0.339 e. The third-order valence-electron chi connectivity index (χ3n) is 3.15. The summed E-state index contributed by atoms with van der Waals surface area (Å²) in [5, 5.41) is 9.12. The monoisotopic (exact) mass is 293 g/mol. The molecule has 0 unspecified atom stereocenters. The van der Waals surface area contributed by atoms with Gasteiger partial charge in [0.1, 0.15) is 11.3 Å². The van der Waals surface area contributed by atoms with Crippen molar-refractivity contribution in [2.24, 2.45) is 11.8 Å². The number of nitrogens with zero attached hydrogens (tertiary/aromatic N) is 1. The van der Waals surface area contributed by atoms with Crippen molar-refractivity contribution in [1.29, 1.82) is 0 Å². The molecule has 0 bridgehead atoms. The molecule has 1 rings (SSSR count). The van der Waals surface area contributed by atoms with Crippen molar-refractivity contribution in [3.05, 3.63) is 29.3 Å². The van der Waals surface area contributed by atoms with Crippen LogP contribution in [0.5, 0.6) is 5.75 Å². The van der Waals surface area contributed by atoms with Gasteiger partial charge in [0.25, 0.3) is 0 Å². The summed E-state index contributed by atoms with van der Waals surface area (Å²) in [5.41, 5.74) is 1.29. The fourth-order valence-corrected chi connectivity index (χ4v) is 2.51. The summed E-state index contributed by atoms with van der Waals surface area (Å²) in [7, 11) is 1.51. The molecule has 1 N–H and O–H groups in total. The minimum absolute atomic E-state index is 0.209. The molecule has 0 aliphatic heterocycles. The first-order chi connectivity index (χ1) is 9.83. The Morgan fingerprint density at radius 1 is 1.19 bits per heavy atom. The summed E-state index contributed by atoms with van der Waals surface area (Å²) in [6.45, 7) is 11.7. The maximum atomic E-state index is 11.1. The highest BCUT2D eigenvalue weighted by Crippen LogP contribution is 2.21. The topological polar surface area (TPSA) is 49.8 Å². The maximum Gasteiger partial charge on any atom is 0.339 e. The van der Waals surface area contributed by atoms with Crippen molar-refractivity contribution in [2.45, 2.75) is 34.2 Å². The molecule has 0 saturated carbocycles. The molecule has 0 radical (unpaired) electrons. The van der Waals surface area contributed by atoms with E-state index in [0.29, 0.717) is 17.6 Å². The Bertz CT molecular complexity index is 459. The van der Waals surface area contributed by atoms with Crippen LogP contribution in [0.25, 0.3) is 0 Å². The zero-order valence-corrected chi connectivity index (χ0v) is 13.7. The maximum absolute atomic E-state index is 11.1. The zero-order chi connectivity index (χ0) is 16.0. The summed E-state index contributed by atoms with van der Waals surface area (Å²) in [6.07, 6.45) is 0. The fourth-order valence-electron chi connectivity index (χ4n) is 2.51. The number of methoxy groups -OCH3 is 1. The Balaban J connectivity index is 2.90. The lowest BCUT2D eigenvalue weighted by Gasteiger charge is -2.26. The largest absolute Gasteiger partial charge is 0.496 e. The number of carboxylic acids is 1. The molecule has 1 aromatic carbocycles. The van der Waals surface area contributed by atoms with E-state index in [4.69, 9.17) is 9.84 Å². The molecule has 0 saturated heterocycles. The number of hydrogen-bond acceptors (Lipinski definition) is 3. The average molecular weight is 293 g/mol. The van der Waals surface area contributed by atoms with Crippen molar-refractivity contribution >= 4 is 5.97 Å². The highest BCUT2D eigenvalue weighted by atomic mass is 16.5. The molecule has 0 spiro atoms. The quantitative estimate of drug-likeness (QED) is 0.797. The molecule has 4 nitrogen and oxygen atoms in total. The van der Waals surface area contributed by atoms with Gasteiger partial charge >= 0.3 is 5.97 Å². The molecule has 0 fully saturated rings. The number of rotatable bonds is 8. The van der Waals surface area contributed by atoms with Crippen LogP contribution in [0.4, 0.5) is 0 Å². The molecular formula is C17H27NO3. The van der Waals surface area contributed by atoms with Gasteiger partial charge in [-0.25, -0.2) is 4.79 Å². The number of benzene rings is 1. The van der Waals surface area contributed by atoms with E-state index in [9.17, 15) is 4.79 Å². The number of carboxylic acid groups (broad SMARTS) is 1. The predicted molar refractivity (Wildman–Crippen MR) is 84.9 cm³/mol. The van der Waals surface area contributed by atoms with Crippen LogP contribution >= 0.6 is 0 Å². The Morgan fingerprint density at radius 2 is 1.76 bits per heavy atom. The molecule has 0 aliphatic rings. The molecule has 0 amide bonds. The fraction of sp³-hybridized carbons (Fsp3) is 0.588. The molecule has 118 valence electrons. The van der Waals surface area contributed by atoms with E-state index in [0.717, 1.165) is 25.2 Å². The standard InChI is InChI=1S/C17H27NO3/c1-12(2)9-18(10-13(3)4)11-14-6-7-15(17(19)20)16(8-14)21-5/h6-8,12-13H,9-11H2,1-5H3,(H,19,20). The van der Waals surface area contributed by atoms with E-state index in [1.165, 1.54) is 7.11 Å². The molecule has 1 aromatic rings. The predicted octanol–water partition coefficient (Wildman–Crippen LogP) is 3.51. The molecule has 0 aliphatic carbocycles. The first-order valence-corrected chi connectivity index (χ1v) is 7.46. The Hall–Kier alpha value is -1.55. The van der Waals surface area contributed by atoms with Crippen LogP contribution in [-0.2, 0) is 6.54 Å². The lowest BCUT2D eigenvalue weighted by atomic mass is 10.1. The van der Waals surface area contributed by atoms with Gasteiger partial charge in [-0.2, -0.15) is 0 Å². The highest BCUT2D eigenvalue weighted by molar-refractivity contribution is 5.90. The van der Waals surface area contributed by atoms with E-state index in [1.54, 1.807) is 6.07 Å². The van der Waals surface area contributed by atoms with E-state index < -0.39 is 5.97 Å². The van der Waals surface area contributed by atoms with E-state index in [-0.39, 0.29) is 5.56 Å². The van der Waals surface area contributed by atoms with Gasteiger partial charge in [0.15, 0.2) is 0 Å². The minimum Gasteiger partial charge on any atom is -0.496 e. The molecule has 4 heteroatoms. The van der Waals surface area contributed by atoms with Gasteiger partial charge in [0, 0.05) is 19.6 Å². The van der Waals surface area contributed by atoms with Crippen molar-refractivity contribution in [2.75, 3.05) is 20.2 Å². The summed E-state index contributed by atoms with van der Waals surface area (Å²) in [4.78, 5) is 13.5. The van der Waals surface area contributed by atoms with Crippen LogP contribution in [0.3, 0.4) is 0 Å². The second-order valence-electron chi connectivity index (χ2n) is 6.32. The van der Waals surface area contributed by atoms with Gasteiger partial charge in [-0.1, -0.05) is 33.8 Å². The van der Waals surface area contributed by atoms with Crippen LogP contribution in [-0.4, -0.2) is 36.2 Å². The van der Waals surface area contributed by atoms with Crippen molar-refractivity contribution < 1.29 is 14.6 Å². The number of ether oxygens (including phenoxy) is 1. The number of carbonyl (C=O) groups is 1. The highest BCUT2D eigenvalue weighted by Gasteiger charge is 2.14. The van der Waals surface area contributed by atoms with Crippen LogP contribution in [0, 0.1) is 11.8 Å². The molecule has 0 atom stereocenters. The lowest BCUT2D eigenvalue weighted by Crippen LogP contribution is -2.30. The van der Waals surface area contributed by atoms with Gasteiger partial charge in [0.2, 0.25) is 0 Å². The van der Waals surface area contributed by atoms with Crippen LogP contribution in [0.1, 0.15) is 43.6 Å². The van der Waals surface area contributed by atoms with Crippen LogP contribution in [0.15, 0.2) is 18.2 Å². The number of aromatic carboxylic acids is 1. The first kappa shape index (κ1) is 17.5. The second kappa shape index (κ2) is 8.03. The Labute approximate surface area is 127 Å². The van der Waals surface area contributed by atoms with Crippen molar-refractivity contribution in [1.82, 2.24) is 4.90 Å². The minimum atomic E-state index is -0.959. The van der Waals surface area contributed by atoms with Crippen LogP contribution in [0.2, 0.25) is 0 Å². The molecule has 0 aromatic heterocycles. The summed E-state index contributed by atoms with van der Waals surface area (Å²) in [5.74, 6) is 0.668. The van der Waals surface area contributed by atoms with Crippen molar-refractivity contribution in [3.63, 3.8) is 0 Å². The third kappa shape index (κ3) is 5.76. The first-order valence-electron chi connectivity index (χ1n) is 7.46. The van der Waals surface area contributed by atoms with Gasteiger partial charge in [-0.05, 0) is 29.5 Å². The van der Waals surface area contributed by atoms with E-state index in [1.807, 2.05) is 12.1 Å². The van der Waals surface area contributed by atoms with Crippen molar-refractivity contribution in [3.8, 4) is 5.75 Å². The zero-order valence-electron chi connectivity index (χ0n) is 13.7. The molecule has 0 heterocycles. The van der Waals surface area contributed by atoms with E-state index in [2.05, 4.69) is 32.6 Å². The Morgan fingerprint density at radius 3 is 2.19 bits per heavy atom. The molecule has 21 heavy (non-hydrogen) atoms. The summed E-state index contributed by atoms with van der Waals surface area (Å²) < 4.78 is 5.19. The van der Waals surface area contributed by atoms with Gasteiger partial charge in [-0.3, -0.25) is 4.90 Å². The SMILES string of the molecule is COc1cc(CN(CC(C)C)CC(C)C)ccc1C(=O)O.